The quantitative estimate of drug-likeness (QED) is 0.268. The number of aliphatic hydroxyl groups excluding tert-OH is 1. The molecule has 3 rings (SSSR count). The number of aliphatic hydroxyl groups is 1. The molecule has 1 aromatic carbocycles. The zero-order valence-corrected chi connectivity index (χ0v) is 22.6. The van der Waals surface area contributed by atoms with Crippen LogP contribution in [0.1, 0.15) is 44.1 Å². The molecule has 0 aromatic heterocycles. The highest BCUT2D eigenvalue weighted by molar-refractivity contribution is 6.45. The number of hydrogen-bond donors (Lipinski definition) is 4. The summed E-state index contributed by atoms with van der Waals surface area (Å²) in [6.07, 6.45) is 6.11. The average molecular weight is 541 g/mol. The third-order valence-corrected chi connectivity index (χ3v) is 7.90. The highest BCUT2D eigenvalue weighted by atomic mass is 35.5. The van der Waals surface area contributed by atoms with Crippen LogP contribution in [0.15, 0.2) is 18.2 Å². The van der Waals surface area contributed by atoms with Crippen LogP contribution in [-0.2, 0) is 16.0 Å². The van der Waals surface area contributed by atoms with Crippen LogP contribution in [0.5, 0.6) is 0 Å². The molecule has 1 aliphatic heterocycles. The lowest BCUT2D eigenvalue weighted by Crippen LogP contribution is -2.58. The van der Waals surface area contributed by atoms with E-state index in [4.69, 9.17) is 23.2 Å². The van der Waals surface area contributed by atoms with Gasteiger partial charge >= 0.3 is 7.05 Å². The van der Waals surface area contributed by atoms with Crippen molar-refractivity contribution < 1.29 is 19.7 Å². The molecule has 1 heterocycles. The Labute approximate surface area is 224 Å². The van der Waals surface area contributed by atoms with Crippen molar-refractivity contribution >= 4 is 42.1 Å². The van der Waals surface area contributed by atoms with Crippen LogP contribution in [0.25, 0.3) is 0 Å². The number of carbonyl (C=O) groups is 2. The molecule has 3 atom stereocenters. The fourth-order valence-electron chi connectivity index (χ4n) is 5.32. The molecular formula is C25H39BCl2N4O4. The van der Waals surface area contributed by atoms with Crippen molar-refractivity contribution in [1.82, 2.24) is 20.3 Å². The van der Waals surface area contributed by atoms with E-state index in [1.807, 2.05) is 4.90 Å². The monoisotopic (exact) mass is 540 g/mol. The Morgan fingerprint density at radius 3 is 2.53 bits per heavy atom. The van der Waals surface area contributed by atoms with Crippen molar-refractivity contribution in [2.45, 2.75) is 63.9 Å². The van der Waals surface area contributed by atoms with Crippen molar-refractivity contribution in [1.29, 1.82) is 0 Å². The van der Waals surface area contributed by atoms with Crippen LogP contribution in [0.4, 0.5) is 0 Å². The lowest BCUT2D eigenvalue weighted by atomic mass is 9.89. The average Bonchev–Trinajstić information content (AvgIpc) is 3.10. The minimum Gasteiger partial charge on any atom is -0.437 e. The number of carbonyl (C=O) groups excluding carboxylic acids is 2. The molecule has 1 saturated carbocycles. The number of halogens is 2. The molecule has 2 aliphatic rings. The number of benzene rings is 1. The second-order valence-corrected chi connectivity index (χ2v) is 10.8. The topological polar surface area (TPSA) is 105 Å². The van der Waals surface area contributed by atoms with Crippen LogP contribution in [0, 0.1) is 5.92 Å². The first kappa shape index (κ1) is 29.2. The summed E-state index contributed by atoms with van der Waals surface area (Å²) in [5.74, 6) is -0.101. The number of nitrogens with zero attached hydrogens (tertiary/aromatic N) is 2. The summed E-state index contributed by atoms with van der Waals surface area (Å²) < 4.78 is 0. The van der Waals surface area contributed by atoms with Gasteiger partial charge < -0.3 is 25.6 Å². The minimum absolute atomic E-state index is 0.128. The summed E-state index contributed by atoms with van der Waals surface area (Å²) in [5.41, 5.74) is 0.740. The Morgan fingerprint density at radius 2 is 1.86 bits per heavy atom. The summed E-state index contributed by atoms with van der Waals surface area (Å²) >= 11 is 12.4. The van der Waals surface area contributed by atoms with Gasteiger partial charge in [0.1, 0.15) is 6.04 Å². The number of hydrogen-bond acceptors (Lipinski definition) is 6. The van der Waals surface area contributed by atoms with E-state index in [1.165, 1.54) is 19.3 Å². The van der Waals surface area contributed by atoms with Crippen LogP contribution in [0.3, 0.4) is 0 Å². The van der Waals surface area contributed by atoms with Crippen molar-refractivity contribution in [3.05, 3.63) is 33.8 Å². The fraction of sp³-hybridized carbons (Fsp3) is 0.680. The van der Waals surface area contributed by atoms with E-state index < -0.39 is 13.1 Å². The SMILES string of the molecule is CB(O)NCCC(=O)NC(Cc1ccc(Cl)cc1Cl)C(=O)N1CCN(C2CCCCCC2CO)CC1. The summed E-state index contributed by atoms with van der Waals surface area (Å²) in [7, 11) is -0.710. The zero-order valence-electron chi connectivity index (χ0n) is 21.1. The molecule has 2 fully saturated rings. The van der Waals surface area contributed by atoms with Gasteiger partial charge in [-0.1, -0.05) is 48.5 Å². The normalized spacial score (nSPS) is 22.1. The predicted octanol–water partition coefficient (Wildman–Crippen LogP) is 2.20. The molecule has 1 saturated heterocycles. The van der Waals surface area contributed by atoms with E-state index >= 15 is 0 Å². The van der Waals surface area contributed by atoms with Crippen LogP contribution >= 0.6 is 23.2 Å². The van der Waals surface area contributed by atoms with Gasteiger partial charge in [-0.25, -0.2) is 0 Å². The largest absolute Gasteiger partial charge is 0.437 e. The van der Waals surface area contributed by atoms with Gasteiger partial charge in [-0.2, -0.15) is 0 Å². The molecule has 8 nitrogen and oxygen atoms in total. The molecule has 4 N–H and O–H groups in total. The van der Waals surface area contributed by atoms with E-state index in [0.29, 0.717) is 41.6 Å². The third kappa shape index (κ3) is 8.60. The van der Waals surface area contributed by atoms with Crippen LogP contribution in [0.2, 0.25) is 16.9 Å². The van der Waals surface area contributed by atoms with Gasteiger partial charge in [0.2, 0.25) is 11.8 Å². The van der Waals surface area contributed by atoms with Gasteiger partial charge in [-0.3, -0.25) is 14.5 Å². The summed E-state index contributed by atoms with van der Waals surface area (Å²) in [6, 6.07) is 4.75. The first-order valence-electron chi connectivity index (χ1n) is 13.1. The Balaban J connectivity index is 1.65. The van der Waals surface area contributed by atoms with Crippen LogP contribution in [-0.4, -0.2) is 90.2 Å². The standard InChI is InChI=1S/C25H39BCl2N4O4/c1-26(36)29-10-9-24(34)30-22(15-18-7-8-20(27)16-21(18)28)25(35)32-13-11-31(12-14-32)23-6-4-2-3-5-19(23)17-33/h7-8,16,19,22-23,29,33,36H,2-6,9-15,17H2,1H3,(H,30,34). The van der Waals surface area contributed by atoms with Gasteiger partial charge in [0.05, 0.1) is 0 Å². The maximum Gasteiger partial charge on any atom is 0.373 e. The van der Waals surface area contributed by atoms with E-state index in [9.17, 15) is 19.7 Å². The highest BCUT2D eigenvalue weighted by Crippen LogP contribution is 2.28. The fourth-order valence-corrected chi connectivity index (χ4v) is 5.81. The maximum absolute atomic E-state index is 13.6. The number of rotatable bonds is 10. The number of piperazine rings is 1. The second-order valence-electron chi connectivity index (χ2n) is 9.95. The van der Waals surface area contributed by atoms with E-state index in [-0.39, 0.29) is 31.3 Å². The van der Waals surface area contributed by atoms with Gasteiger partial charge in [0.15, 0.2) is 0 Å². The molecule has 0 radical (unpaired) electrons. The van der Waals surface area contributed by atoms with Gasteiger partial charge in [0.25, 0.3) is 0 Å². The van der Waals surface area contributed by atoms with Crippen molar-refractivity contribution in [3.63, 3.8) is 0 Å². The number of amides is 2. The molecule has 200 valence electrons. The van der Waals surface area contributed by atoms with E-state index in [1.54, 1.807) is 25.0 Å². The molecule has 0 spiro atoms. The molecule has 2 amide bonds. The Morgan fingerprint density at radius 1 is 1.14 bits per heavy atom. The first-order valence-corrected chi connectivity index (χ1v) is 13.8. The van der Waals surface area contributed by atoms with Crippen molar-refractivity contribution in [2.75, 3.05) is 39.3 Å². The summed E-state index contributed by atoms with van der Waals surface area (Å²) in [4.78, 5) is 30.5. The lowest BCUT2D eigenvalue weighted by molar-refractivity contribution is -0.138. The van der Waals surface area contributed by atoms with Gasteiger partial charge in [-0.15, -0.1) is 0 Å². The smallest absolute Gasteiger partial charge is 0.373 e. The second kappa shape index (κ2) is 14.5. The van der Waals surface area contributed by atoms with Crippen molar-refractivity contribution in [2.24, 2.45) is 5.92 Å². The van der Waals surface area contributed by atoms with Gasteiger partial charge in [0, 0.05) is 61.7 Å². The summed E-state index contributed by atoms with van der Waals surface area (Å²) in [5, 5.41) is 25.9. The molecule has 1 aliphatic carbocycles. The number of nitrogens with one attached hydrogen (secondary N) is 2. The van der Waals surface area contributed by atoms with E-state index in [2.05, 4.69) is 15.4 Å². The molecule has 1 aromatic rings. The third-order valence-electron chi connectivity index (χ3n) is 7.31. The predicted molar refractivity (Wildman–Crippen MR) is 144 cm³/mol. The van der Waals surface area contributed by atoms with Gasteiger partial charge in [-0.05, 0) is 49.8 Å². The Bertz CT molecular complexity index is 870. The molecule has 3 unspecified atom stereocenters. The highest BCUT2D eigenvalue weighted by Gasteiger charge is 2.34. The minimum atomic E-state index is -0.752. The van der Waals surface area contributed by atoms with Crippen molar-refractivity contribution in [3.8, 4) is 0 Å². The Kier molecular flexibility index (Phi) is 11.8. The molecule has 36 heavy (non-hydrogen) atoms. The summed E-state index contributed by atoms with van der Waals surface area (Å²) in [6.45, 7) is 4.78. The van der Waals surface area contributed by atoms with E-state index in [0.717, 1.165) is 31.5 Å². The lowest BCUT2D eigenvalue weighted by Gasteiger charge is -2.42. The zero-order chi connectivity index (χ0) is 26.1. The molecule has 0 bridgehead atoms. The molecule has 11 heteroatoms. The molecular weight excluding hydrogens is 502 g/mol. The maximum atomic E-state index is 13.6. The van der Waals surface area contributed by atoms with Crippen LogP contribution < -0.4 is 10.5 Å². The Hall–Kier alpha value is -1.36. The first-order chi connectivity index (χ1) is 17.3.